The predicted molar refractivity (Wildman–Crippen MR) is 76.6 cm³/mol. The predicted octanol–water partition coefficient (Wildman–Crippen LogP) is 3.04. The van der Waals surface area contributed by atoms with Crippen molar-refractivity contribution in [2.24, 2.45) is 0 Å². The number of pyridine rings is 2. The second kappa shape index (κ2) is 5.03. The molecule has 0 fully saturated rings. The Morgan fingerprint density at radius 2 is 1.86 bits per heavy atom. The van der Waals surface area contributed by atoms with Crippen molar-refractivity contribution in [2.75, 3.05) is 5.73 Å². The van der Waals surface area contributed by atoms with Gasteiger partial charge in [-0.25, -0.2) is 18.2 Å². The largest absolute Gasteiger partial charge is 0.384 e. The first-order valence-electron chi connectivity index (χ1n) is 6.01. The molecule has 3 rings (SSSR count). The van der Waals surface area contributed by atoms with Crippen LogP contribution in [-0.4, -0.2) is 9.55 Å². The first-order valence-corrected chi connectivity index (χ1v) is 6.39. The van der Waals surface area contributed by atoms with Crippen LogP contribution in [0.25, 0.3) is 16.7 Å². The van der Waals surface area contributed by atoms with Gasteiger partial charge in [0.2, 0.25) is 0 Å². The van der Waals surface area contributed by atoms with Gasteiger partial charge >= 0.3 is 0 Å². The molecule has 0 radical (unpaired) electrons. The molecule has 0 aliphatic heterocycles. The summed E-state index contributed by atoms with van der Waals surface area (Å²) in [7, 11) is 0. The van der Waals surface area contributed by atoms with Crippen molar-refractivity contribution in [3.05, 3.63) is 63.2 Å². The van der Waals surface area contributed by atoms with Crippen LogP contribution >= 0.6 is 11.6 Å². The van der Waals surface area contributed by atoms with E-state index in [1.54, 1.807) is 0 Å². The molecule has 2 aromatic heterocycles. The standard InChI is InChI=1S/C14H7ClF3N3O/c15-11-12(18)8(17)5-6-9(22)3-4-21(13(6)11)14-7(16)1-2-10(19)20-14/h1-5H,(H2,19,20). The molecule has 0 amide bonds. The SMILES string of the molecule is Nc1ccc(F)c(-n2ccc(=O)c3cc(F)c(F)c(Cl)c32)n1. The van der Waals surface area contributed by atoms with Crippen molar-refractivity contribution in [2.45, 2.75) is 0 Å². The normalized spacial score (nSPS) is 11.1. The average molecular weight is 326 g/mol. The first kappa shape index (κ1) is 14.4. The lowest BCUT2D eigenvalue weighted by atomic mass is 10.2. The molecule has 0 spiro atoms. The Morgan fingerprint density at radius 1 is 1.14 bits per heavy atom. The summed E-state index contributed by atoms with van der Waals surface area (Å²) < 4.78 is 42.2. The van der Waals surface area contributed by atoms with E-state index in [2.05, 4.69) is 4.98 Å². The van der Waals surface area contributed by atoms with Crippen molar-refractivity contribution in [1.82, 2.24) is 9.55 Å². The van der Waals surface area contributed by atoms with Crippen LogP contribution in [0.2, 0.25) is 5.02 Å². The summed E-state index contributed by atoms with van der Waals surface area (Å²) in [6.07, 6.45) is 1.17. The van der Waals surface area contributed by atoms with Crippen LogP contribution in [0.15, 0.2) is 35.3 Å². The lowest BCUT2D eigenvalue weighted by Gasteiger charge is -2.13. The van der Waals surface area contributed by atoms with E-state index < -0.39 is 27.9 Å². The highest BCUT2D eigenvalue weighted by molar-refractivity contribution is 6.35. The van der Waals surface area contributed by atoms with E-state index in [0.717, 1.165) is 16.7 Å². The summed E-state index contributed by atoms with van der Waals surface area (Å²) >= 11 is 5.79. The van der Waals surface area contributed by atoms with Crippen LogP contribution in [0.1, 0.15) is 0 Å². The minimum Gasteiger partial charge on any atom is -0.384 e. The summed E-state index contributed by atoms with van der Waals surface area (Å²) in [5.74, 6) is -3.63. The Bertz CT molecular complexity index is 972. The number of nitrogens with two attached hydrogens (primary N) is 1. The lowest BCUT2D eigenvalue weighted by molar-refractivity contribution is 0.510. The molecule has 0 aliphatic rings. The summed E-state index contributed by atoms with van der Waals surface area (Å²) in [6, 6.07) is 4.08. The number of aromatic nitrogens is 2. The molecule has 0 saturated heterocycles. The van der Waals surface area contributed by atoms with Crippen LogP contribution in [0, 0.1) is 17.5 Å². The summed E-state index contributed by atoms with van der Waals surface area (Å²) in [5, 5.41) is -0.841. The van der Waals surface area contributed by atoms with Gasteiger partial charge in [0.25, 0.3) is 0 Å². The minimum absolute atomic E-state index is 0.0157. The molecule has 0 unspecified atom stereocenters. The molecule has 1 aromatic carbocycles. The molecule has 2 heterocycles. The van der Waals surface area contributed by atoms with Crippen LogP contribution in [-0.2, 0) is 0 Å². The van der Waals surface area contributed by atoms with Gasteiger partial charge in [0.1, 0.15) is 10.8 Å². The summed E-state index contributed by atoms with van der Waals surface area (Å²) in [5.41, 5.74) is 4.73. The molecule has 22 heavy (non-hydrogen) atoms. The maximum atomic E-state index is 14.0. The number of hydrogen-bond donors (Lipinski definition) is 1. The van der Waals surface area contributed by atoms with Crippen molar-refractivity contribution in [1.29, 1.82) is 0 Å². The molecule has 0 bridgehead atoms. The van der Waals surface area contributed by atoms with E-state index in [4.69, 9.17) is 17.3 Å². The van der Waals surface area contributed by atoms with E-state index >= 15 is 0 Å². The smallest absolute Gasteiger partial charge is 0.189 e. The number of fused-ring (bicyclic) bond motifs is 1. The van der Waals surface area contributed by atoms with E-state index in [1.807, 2.05) is 0 Å². The number of nitrogens with zero attached hydrogens (tertiary/aromatic N) is 2. The van der Waals surface area contributed by atoms with Gasteiger partial charge < -0.3 is 5.73 Å². The second-order valence-corrected chi connectivity index (χ2v) is 4.85. The van der Waals surface area contributed by atoms with Gasteiger partial charge in [-0.05, 0) is 18.2 Å². The van der Waals surface area contributed by atoms with E-state index in [9.17, 15) is 18.0 Å². The zero-order chi connectivity index (χ0) is 16.0. The molecule has 4 nitrogen and oxygen atoms in total. The molecular formula is C14H7ClF3N3O. The van der Waals surface area contributed by atoms with Gasteiger partial charge in [0, 0.05) is 12.3 Å². The van der Waals surface area contributed by atoms with Gasteiger partial charge in [0.05, 0.1) is 10.9 Å². The number of anilines is 1. The fraction of sp³-hybridized carbons (Fsp3) is 0. The Labute approximate surface area is 126 Å². The fourth-order valence-corrected chi connectivity index (χ4v) is 2.39. The highest BCUT2D eigenvalue weighted by Gasteiger charge is 2.18. The molecule has 0 atom stereocenters. The van der Waals surface area contributed by atoms with Crippen LogP contribution in [0.3, 0.4) is 0 Å². The molecule has 0 aliphatic carbocycles. The van der Waals surface area contributed by atoms with Gasteiger partial charge in [0.15, 0.2) is 28.7 Å². The summed E-state index contributed by atoms with van der Waals surface area (Å²) in [4.78, 5) is 15.6. The average Bonchev–Trinajstić information content (AvgIpc) is 2.49. The van der Waals surface area contributed by atoms with Gasteiger partial charge in [-0.2, -0.15) is 0 Å². The first-order chi connectivity index (χ1) is 10.4. The third kappa shape index (κ3) is 2.10. The zero-order valence-electron chi connectivity index (χ0n) is 10.8. The number of benzene rings is 1. The number of rotatable bonds is 1. The third-order valence-electron chi connectivity index (χ3n) is 3.10. The van der Waals surface area contributed by atoms with E-state index in [1.165, 1.54) is 12.3 Å². The Kier molecular flexibility index (Phi) is 3.29. The van der Waals surface area contributed by atoms with Crippen molar-refractivity contribution in [3.63, 3.8) is 0 Å². The van der Waals surface area contributed by atoms with E-state index in [-0.39, 0.29) is 22.5 Å². The summed E-state index contributed by atoms with van der Waals surface area (Å²) in [6.45, 7) is 0. The third-order valence-corrected chi connectivity index (χ3v) is 3.44. The number of halogens is 4. The lowest BCUT2D eigenvalue weighted by Crippen LogP contribution is -2.11. The number of nitrogen functional groups attached to an aromatic ring is 1. The molecule has 3 aromatic rings. The van der Waals surface area contributed by atoms with Gasteiger partial charge in [-0.15, -0.1) is 0 Å². The van der Waals surface area contributed by atoms with Crippen molar-refractivity contribution in [3.8, 4) is 5.82 Å². The second-order valence-electron chi connectivity index (χ2n) is 4.47. The minimum atomic E-state index is -1.34. The van der Waals surface area contributed by atoms with Crippen LogP contribution < -0.4 is 11.2 Å². The van der Waals surface area contributed by atoms with Crippen molar-refractivity contribution < 1.29 is 13.2 Å². The molecule has 2 N–H and O–H groups in total. The van der Waals surface area contributed by atoms with Gasteiger partial charge in [-0.3, -0.25) is 9.36 Å². The quantitative estimate of drug-likeness (QED) is 0.700. The van der Waals surface area contributed by atoms with Gasteiger partial charge in [-0.1, -0.05) is 11.6 Å². The van der Waals surface area contributed by atoms with Crippen LogP contribution in [0.4, 0.5) is 19.0 Å². The fourth-order valence-electron chi connectivity index (χ4n) is 2.11. The zero-order valence-corrected chi connectivity index (χ0v) is 11.5. The highest BCUT2D eigenvalue weighted by atomic mass is 35.5. The van der Waals surface area contributed by atoms with Crippen molar-refractivity contribution >= 4 is 28.3 Å². The topological polar surface area (TPSA) is 60.9 Å². The number of hydrogen-bond acceptors (Lipinski definition) is 3. The Hall–Kier alpha value is -2.54. The maximum Gasteiger partial charge on any atom is 0.189 e. The maximum absolute atomic E-state index is 14.0. The monoisotopic (exact) mass is 325 g/mol. The molecule has 8 heteroatoms. The van der Waals surface area contributed by atoms with E-state index in [0.29, 0.717) is 6.07 Å². The Morgan fingerprint density at radius 3 is 2.59 bits per heavy atom. The molecule has 0 saturated carbocycles. The Balaban J connectivity index is 2.51. The highest BCUT2D eigenvalue weighted by Crippen LogP contribution is 2.29. The molecular weight excluding hydrogens is 319 g/mol. The molecule has 112 valence electrons. The van der Waals surface area contributed by atoms with Crippen LogP contribution in [0.5, 0.6) is 0 Å².